The summed E-state index contributed by atoms with van der Waals surface area (Å²) in [6.45, 7) is -0.180. The number of fused-ring (bicyclic) bond motifs is 3. The Hall–Kier alpha value is -0.400. The molecular weight excluding hydrogens is 391 g/mol. The molecule has 4 fully saturated rings. The summed E-state index contributed by atoms with van der Waals surface area (Å²) in [6.07, 6.45) is 3.85. The standard InChI is InChI=1S/C20H31ClF3N3O/c21-16-9-11(20(22,23)24)10-25-19(16)27-26-17-14-7-3-1-5-12(14)13-6-2-4-8-15(13)18(17)28/h11-19,25,28H,1-10H2. The summed E-state index contributed by atoms with van der Waals surface area (Å²) >= 11 is 6.21. The minimum absolute atomic E-state index is 0.147. The first-order chi connectivity index (χ1) is 13.4. The van der Waals surface area contributed by atoms with Crippen molar-refractivity contribution in [3.05, 3.63) is 0 Å². The maximum absolute atomic E-state index is 12.9. The number of halogens is 4. The first-order valence-corrected chi connectivity index (χ1v) is 11.3. The average Bonchev–Trinajstić information content (AvgIpc) is 2.68. The summed E-state index contributed by atoms with van der Waals surface area (Å²) < 4.78 is 38.8. The zero-order valence-electron chi connectivity index (χ0n) is 16.1. The summed E-state index contributed by atoms with van der Waals surface area (Å²) in [5.41, 5.74) is 0. The third-order valence-corrected chi connectivity index (χ3v) is 8.16. The van der Waals surface area contributed by atoms with Gasteiger partial charge in [-0.15, -0.1) is 11.6 Å². The van der Waals surface area contributed by atoms with Crippen molar-refractivity contribution >= 4 is 11.6 Å². The van der Waals surface area contributed by atoms with Gasteiger partial charge in [-0.05, 0) is 55.8 Å². The monoisotopic (exact) mass is 421 g/mol. The van der Waals surface area contributed by atoms with Gasteiger partial charge in [0.1, 0.15) is 12.2 Å². The smallest absolute Gasteiger partial charge is 0.391 e. The van der Waals surface area contributed by atoms with Crippen molar-refractivity contribution in [3.8, 4) is 0 Å². The van der Waals surface area contributed by atoms with E-state index in [1.165, 1.54) is 25.7 Å². The van der Waals surface area contributed by atoms with Crippen molar-refractivity contribution < 1.29 is 18.3 Å². The van der Waals surface area contributed by atoms with Crippen LogP contribution in [0.3, 0.4) is 0 Å². The first-order valence-electron chi connectivity index (χ1n) is 10.9. The van der Waals surface area contributed by atoms with E-state index in [0.29, 0.717) is 17.8 Å². The van der Waals surface area contributed by atoms with Crippen LogP contribution in [0.1, 0.15) is 57.8 Å². The second kappa shape index (κ2) is 8.38. The van der Waals surface area contributed by atoms with Gasteiger partial charge in [-0.25, -0.2) is 0 Å². The molecule has 0 aromatic rings. The molecule has 0 radical (unpaired) electrons. The maximum atomic E-state index is 12.9. The Morgan fingerprint density at radius 2 is 1.43 bits per heavy atom. The summed E-state index contributed by atoms with van der Waals surface area (Å²) in [4.78, 5) is 0. The number of nitrogens with zero attached hydrogens (tertiary/aromatic N) is 2. The molecule has 3 saturated carbocycles. The van der Waals surface area contributed by atoms with Crippen LogP contribution in [-0.4, -0.2) is 41.5 Å². The number of alkyl halides is 4. The van der Waals surface area contributed by atoms with Crippen LogP contribution in [0.5, 0.6) is 0 Å². The summed E-state index contributed by atoms with van der Waals surface area (Å²) in [5, 5.41) is 22.0. The Kier molecular flexibility index (Phi) is 6.24. The van der Waals surface area contributed by atoms with E-state index in [9.17, 15) is 18.3 Å². The van der Waals surface area contributed by atoms with Gasteiger partial charge in [-0.2, -0.15) is 23.4 Å². The van der Waals surface area contributed by atoms with Crippen molar-refractivity contribution in [2.24, 2.45) is 39.8 Å². The minimum atomic E-state index is -4.24. The number of piperidine rings is 1. The predicted molar refractivity (Wildman–Crippen MR) is 101 cm³/mol. The molecule has 0 amide bonds. The molecule has 1 saturated heterocycles. The van der Waals surface area contributed by atoms with Gasteiger partial charge >= 0.3 is 6.18 Å². The SMILES string of the molecule is OC1C2CCCCC2C2CCCCC2C1N=NC1NCC(C(F)(F)F)CC1Cl. The average molecular weight is 422 g/mol. The van der Waals surface area contributed by atoms with E-state index in [2.05, 4.69) is 15.5 Å². The van der Waals surface area contributed by atoms with Gasteiger partial charge in [0.05, 0.1) is 17.4 Å². The third-order valence-electron chi connectivity index (χ3n) is 7.74. The molecule has 8 heteroatoms. The molecule has 0 spiro atoms. The minimum Gasteiger partial charge on any atom is -0.391 e. The Bertz CT molecular complexity index is 575. The summed E-state index contributed by atoms with van der Waals surface area (Å²) in [6, 6.07) is -0.240. The fraction of sp³-hybridized carbons (Fsp3) is 1.00. The van der Waals surface area contributed by atoms with Gasteiger partial charge in [-0.1, -0.05) is 25.7 Å². The molecular formula is C20H31ClF3N3O. The number of hydrogen-bond donors (Lipinski definition) is 2. The van der Waals surface area contributed by atoms with Crippen LogP contribution in [0.15, 0.2) is 10.2 Å². The number of nitrogens with one attached hydrogen (secondary N) is 1. The van der Waals surface area contributed by atoms with Crippen molar-refractivity contribution in [2.75, 3.05) is 6.54 Å². The Labute approximate surface area is 169 Å². The van der Waals surface area contributed by atoms with Crippen molar-refractivity contribution in [1.29, 1.82) is 0 Å². The van der Waals surface area contributed by atoms with Crippen LogP contribution in [0.2, 0.25) is 0 Å². The van der Waals surface area contributed by atoms with E-state index in [-0.39, 0.29) is 24.9 Å². The Balaban J connectivity index is 1.47. The number of rotatable bonds is 2. The Morgan fingerprint density at radius 1 is 0.857 bits per heavy atom. The van der Waals surface area contributed by atoms with Crippen LogP contribution in [-0.2, 0) is 0 Å². The fourth-order valence-electron chi connectivity index (χ4n) is 6.33. The molecule has 9 unspecified atom stereocenters. The van der Waals surface area contributed by atoms with E-state index in [1.54, 1.807) is 0 Å². The molecule has 1 aliphatic heterocycles. The highest BCUT2D eigenvalue weighted by Gasteiger charge is 2.51. The second-order valence-electron chi connectivity index (χ2n) is 9.28. The predicted octanol–water partition coefficient (Wildman–Crippen LogP) is 4.90. The van der Waals surface area contributed by atoms with Crippen molar-refractivity contribution in [2.45, 2.75) is 87.7 Å². The van der Waals surface area contributed by atoms with Gasteiger partial charge in [-0.3, -0.25) is 5.32 Å². The van der Waals surface area contributed by atoms with Gasteiger partial charge < -0.3 is 5.11 Å². The highest BCUT2D eigenvalue weighted by Crippen LogP contribution is 2.52. The lowest BCUT2D eigenvalue weighted by molar-refractivity contribution is -0.179. The first kappa shape index (κ1) is 20.9. The highest BCUT2D eigenvalue weighted by molar-refractivity contribution is 6.21. The zero-order chi connectivity index (χ0) is 19.9. The molecule has 0 aromatic heterocycles. The number of hydrogen-bond acceptors (Lipinski definition) is 4. The molecule has 3 aliphatic carbocycles. The van der Waals surface area contributed by atoms with Crippen LogP contribution < -0.4 is 5.32 Å². The number of azo groups is 1. The lowest BCUT2D eigenvalue weighted by Crippen LogP contribution is -2.54. The largest absolute Gasteiger partial charge is 0.393 e. The van der Waals surface area contributed by atoms with Gasteiger partial charge in [0, 0.05) is 6.54 Å². The topological polar surface area (TPSA) is 57.0 Å². The van der Waals surface area contributed by atoms with Crippen molar-refractivity contribution in [1.82, 2.24) is 5.32 Å². The molecule has 0 bridgehead atoms. The summed E-state index contributed by atoms with van der Waals surface area (Å²) in [7, 11) is 0. The van der Waals surface area contributed by atoms with E-state index < -0.39 is 29.7 Å². The molecule has 28 heavy (non-hydrogen) atoms. The van der Waals surface area contributed by atoms with Gasteiger partial charge in [0.15, 0.2) is 0 Å². The molecule has 0 aromatic carbocycles. The van der Waals surface area contributed by atoms with E-state index in [4.69, 9.17) is 11.6 Å². The summed E-state index contributed by atoms with van der Waals surface area (Å²) in [5.74, 6) is 0.395. The molecule has 1 heterocycles. The third kappa shape index (κ3) is 4.08. The van der Waals surface area contributed by atoms with Crippen LogP contribution >= 0.6 is 11.6 Å². The fourth-order valence-corrected chi connectivity index (χ4v) is 6.69. The van der Waals surface area contributed by atoms with E-state index in [1.807, 2.05) is 0 Å². The second-order valence-corrected chi connectivity index (χ2v) is 9.84. The van der Waals surface area contributed by atoms with Crippen molar-refractivity contribution in [3.63, 3.8) is 0 Å². The van der Waals surface area contributed by atoms with E-state index in [0.717, 1.165) is 25.7 Å². The molecule has 2 N–H and O–H groups in total. The molecule has 4 nitrogen and oxygen atoms in total. The quantitative estimate of drug-likeness (QED) is 0.492. The van der Waals surface area contributed by atoms with E-state index >= 15 is 0 Å². The molecule has 160 valence electrons. The van der Waals surface area contributed by atoms with Crippen LogP contribution in [0, 0.1) is 29.6 Å². The number of aliphatic hydroxyl groups is 1. The highest BCUT2D eigenvalue weighted by atomic mass is 35.5. The molecule has 9 atom stereocenters. The van der Waals surface area contributed by atoms with Gasteiger partial charge in [0.2, 0.25) is 0 Å². The lowest BCUT2D eigenvalue weighted by atomic mass is 9.55. The zero-order valence-corrected chi connectivity index (χ0v) is 16.9. The lowest BCUT2D eigenvalue weighted by Gasteiger charge is -2.52. The normalized spacial score (nSPS) is 47.5. The maximum Gasteiger partial charge on any atom is 0.393 e. The molecule has 4 rings (SSSR count). The van der Waals surface area contributed by atoms with Gasteiger partial charge in [0.25, 0.3) is 0 Å². The van der Waals surface area contributed by atoms with Crippen LogP contribution in [0.4, 0.5) is 13.2 Å². The molecule has 4 aliphatic rings. The number of aliphatic hydroxyl groups excluding tert-OH is 1. The van der Waals surface area contributed by atoms with Crippen LogP contribution in [0.25, 0.3) is 0 Å². The Morgan fingerprint density at radius 3 is 2.04 bits per heavy atom.